The third-order valence-corrected chi connectivity index (χ3v) is 3.83. The first-order valence-electron chi connectivity index (χ1n) is 6.86. The molecule has 0 saturated heterocycles. The molecule has 0 amide bonds. The zero-order chi connectivity index (χ0) is 14.5. The molecule has 1 aromatic heterocycles. The molecule has 1 aliphatic carbocycles. The summed E-state index contributed by atoms with van der Waals surface area (Å²) in [5.41, 5.74) is 7.36. The Labute approximate surface area is 119 Å². The zero-order valence-electron chi connectivity index (χ0n) is 12.0. The summed E-state index contributed by atoms with van der Waals surface area (Å²) in [6.07, 6.45) is 5.92. The van der Waals surface area contributed by atoms with Gasteiger partial charge >= 0.3 is 0 Å². The topological polar surface area (TPSA) is 84.0 Å². The molecular formula is C14H22N4O2. The number of hydrogen-bond acceptors (Lipinski definition) is 5. The molecule has 1 saturated carbocycles. The number of hydrogen-bond donors (Lipinski definition) is 2. The van der Waals surface area contributed by atoms with Gasteiger partial charge in [-0.05, 0) is 31.7 Å². The van der Waals surface area contributed by atoms with Gasteiger partial charge in [-0.1, -0.05) is 5.16 Å². The number of anilines is 1. The summed E-state index contributed by atoms with van der Waals surface area (Å²) in [7, 11) is 1.69. The van der Waals surface area contributed by atoms with E-state index in [1.807, 2.05) is 0 Å². The summed E-state index contributed by atoms with van der Waals surface area (Å²) in [4.78, 5) is 6.42. The number of nitrogens with zero attached hydrogens (tertiary/aromatic N) is 3. The van der Waals surface area contributed by atoms with E-state index in [1.165, 1.54) is 12.8 Å². The highest BCUT2D eigenvalue weighted by molar-refractivity contribution is 6.02. The first-order valence-corrected chi connectivity index (χ1v) is 6.86. The number of aromatic nitrogens is 1. The van der Waals surface area contributed by atoms with Crippen molar-refractivity contribution in [1.29, 1.82) is 0 Å². The van der Waals surface area contributed by atoms with Crippen LogP contribution < -0.4 is 10.6 Å². The Balaban J connectivity index is 2.31. The van der Waals surface area contributed by atoms with Crippen LogP contribution in [0, 0.1) is 5.92 Å². The van der Waals surface area contributed by atoms with Crippen molar-refractivity contribution in [3.05, 3.63) is 24.0 Å². The number of nitrogens with two attached hydrogens (primary N) is 1. The summed E-state index contributed by atoms with van der Waals surface area (Å²) in [5, 5.41) is 12.0. The first kappa shape index (κ1) is 14.6. The van der Waals surface area contributed by atoms with Crippen molar-refractivity contribution < 1.29 is 9.94 Å². The minimum absolute atomic E-state index is 0.104. The lowest BCUT2D eigenvalue weighted by Gasteiger charge is -2.32. The van der Waals surface area contributed by atoms with Gasteiger partial charge in [0.1, 0.15) is 0 Å². The van der Waals surface area contributed by atoms with Crippen LogP contribution in [0.25, 0.3) is 0 Å². The SMILES string of the molecule is COCCN(c1cnccc1/C(N)=N/O)C(C)C1CC1. The molecule has 2 rings (SSSR count). The largest absolute Gasteiger partial charge is 0.409 e. The molecule has 1 aliphatic rings. The molecule has 20 heavy (non-hydrogen) atoms. The Bertz CT molecular complexity index is 474. The number of rotatable bonds is 7. The maximum Gasteiger partial charge on any atom is 0.172 e. The Morgan fingerprint density at radius 1 is 1.65 bits per heavy atom. The van der Waals surface area contributed by atoms with E-state index in [4.69, 9.17) is 15.7 Å². The monoisotopic (exact) mass is 278 g/mol. The summed E-state index contributed by atoms with van der Waals surface area (Å²) < 4.78 is 5.20. The smallest absolute Gasteiger partial charge is 0.172 e. The third kappa shape index (κ3) is 3.19. The third-order valence-electron chi connectivity index (χ3n) is 3.83. The van der Waals surface area contributed by atoms with Crippen LogP contribution in [0.3, 0.4) is 0 Å². The standard InChI is InChI=1S/C14H22N4O2/c1-10(11-3-4-11)18(7-8-20-2)13-9-16-6-5-12(13)14(15)17-19/h5-6,9-11,19H,3-4,7-8H2,1-2H3,(H2,15,17). The molecule has 1 aromatic rings. The maximum absolute atomic E-state index is 8.93. The van der Waals surface area contributed by atoms with Crippen molar-refractivity contribution in [2.75, 3.05) is 25.2 Å². The molecule has 0 aliphatic heterocycles. The van der Waals surface area contributed by atoms with E-state index in [-0.39, 0.29) is 5.84 Å². The van der Waals surface area contributed by atoms with Crippen LogP contribution >= 0.6 is 0 Å². The van der Waals surface area contributed by atoms with Crippen molar-refractivity contribution in [3.8, 4) is 0 Å². The van der Waals surface area contributed by atoms with Gasteiger partial charge in [0.2, 0.25) is 0 Å². The lowest BCUT2D eigenvalue weighted by Crippen LogP contribution is -2.38. The number of ether oxygens (including phenoxy) is 1. The second-order valence-corrected chi connectivity index (χ2v) is 5.14. The molecule has 1 unspecified atom stereocenters. The summed E-state index contributed by atoms with van der Waals surface area (Å²) in [6, 6.07) is 2.16. The van der Waals surface area contributed by atoms with Crippen LogP contribution in [-0.4, -0.2) is 42.3 Å². The summed E-state index contributed by atoms with van der Waals surface area (Å²) in [5.74, 6) is 0.806. The molecule has 110 valence electrons. The minimum Gasteiger partial charge on any atom is -0.409 e. The highest BCUT2D eigenvalue weighted by Crippen LogP contribution is 2.37. The van der Waals surface area contributed by atoms with E-state index in [0.29, 0.717) is 24.1 Å². The van der Waals surface area contributed by atoms with Gasteiger partial charge in [0, 0.05) is 31.5 Å². The van der Waals surface area contributed by atoms with E-state index in [0.717, 1.165) is 12.2 Å². The lowest BCUT2D eigenvalue weighted by atomic mass is 10.1. The van der Waals surface area contributed by atoms with Crippen molar-refractivity contribution in [1.82, 2.24) is 4.98 Å². The van der Waals surface area contributed by atoms with Crippen LogP contribution in [-0.2, 0) is 4.74 Å². The molecule has 6 heteroatoms. The molecular weight excluding hydrogens is 256 g/mol. The van der Waals surface area contributed by atoms with Crippen LogP contribution in [0.4, 0.5) is 5.69 Å². The molecule has 1 atom stereocenters. The Kier molecular flexibility index (Phi) is 4.79. The van der Waals surface area contributed by atoms with Crippen LogP contribution in [0.2, 0.25) is 0 Å². The van der Waals surface area contributed by atoms with Crippen LogP contribution in [0.5, 0.6) is 0 Å². The molecule has 0 bridgehead atoms. The normalized spacial score (nSPS) is 17.0. The van der Waals surface area contributed by atoms with Gasteiger partial charge in [-0.3, -0.25) is 4.98 Å². The van der Waals surface area contributed by atoms with E-state index >= 15 is 0 Å². The average Bonchev–Trinajstić information content (AvgIpc) is 3.31. The lowest BCUT2D eigenvalue weighted by molar-refractivity contribution is 0.202. The highest BCUT2D eigenvalue weighted by Gasteiger charge is 2.33. The fourth-order valence-corrected chi connectivity index (χ4v) is 2.45. The fourth-order valence-electron chi connectivity index (χ4n) is 2.45. The molecule has 1 fully saturated rings. The molecule has 1 heterocycles. The van der Waals surface area contributed by atoms with Gasteiger partial charge in [-0.15, -0.1) is 0 Å². The Morgan fingerprint density at radius 2 is 2.40 bits per heavy atom. The van der Waals surface area contributed by atoms with Crippen LogP contribution in [0.15, 0.2) is 23.6 Å². The van der Waals surface area contributed by atoms with Gasteiger partial charge in [-0.25, -0.2) is 0 Å². The second kappa shape index (κ2) is 6.56. The van der Waals surface area contributed by atoms with Crippen LogP contribution in [0.1, 0.15) is 25.3 Å². The van der Waals surface area contributed by atoms with E-state index < -0.39 is 0 Å². The second-order valence-electron chi connectivity index (χ2n) is 5.14. The zero-order valence-corrected chi connectivity index (χ0v) is 12.0. The minimum atomic E-state index is 0.104. The first-order chi connectivity index (χ1) is 9.69. The maximum atomic E-state index is 8.93. The summed E-state index contributed by atoms with van der Waals surface area (Å²) >= 11 is 0. The van der Waals surface area contributed by atoms with E-state index in [1.54, 1.807) is 25.6 Å². The average molecular weight is 278 g/mol. The van der Waals surface area contributed by atoms with Gasteiger partial charge in [0.05, 0.1) is 18.5 Å². The molecule has 3 N–H and O–H groups in total. The Morgan fingerprint density at radius 3 is 3.00 bits per heavy atom. The number of methoxy groups -OCH3 is 1. The highest BCUT2D eigenvalue weighted by atomic mass is 16.5. The predicted octanol–water partition coefficient (Wildman–Crippen LogP) is 1.43. The molecule has 0 radical (unpaired) electrons. The van der Waals surface area contributed by atoms with Crippen molar-refractivity contribution in [3.63, 3.8) is 0 Å². The quantitative estimate of drug-likeness (QED) is 0.341. The Hall–Kier alpha value is -1.82. The molecule has 0 spiro atoms. The molecule has 6 nitrogen and oxygen atoms in total. The van der Waals surface area contributed by atoms with Crippen molar-refractivity contribution >= 4 is 11.5 Å². The number of amidine groups is 1. The molecule has 0 aromatic carbocycles. The van der Waals surface area contributed by atoms with Gasteiger partial charge in [-0.2, -0.15) is 0 Å². The van der Waals surface area contributed by atoms with Gasteiger partial charge in [0.25, 0.3) is 0 Å². The van der Waals surface area contributed by atoms with Gasteiger partial charge < -0.3 is 20.6 Å². The van der Waals surface area contributed by atoms with Crippen molar-refractivity contribution in [2.24, 2.45) is 16.8 Å². The summed E-state index contributed by atoms with van der Waals surface area (Å²) in [6.45, 7) is 3.59. The van der Waals surface area contributed by atoms with E-state index in [9.17, 15) is 0 Å². The van der Waals surface area contributed by atoms with Crippen molar-refractivity contribution in [2.45, 2.75) is 25.8 Å². The van der Waals surface area contributed by atoms with Gasteiger partial charge in [0.15, 0.2) is 5.84 Å². The number of oxime groups is 1. The fraction of sp³-hybridized carbons (Fsp3) is 0.571. The van der Waals surface area contributed by atoms with E-state index in [2.05, 4.69) is 22.0 Å². The number of pyridine rings is 1. The predicted molar refractivity (Wildman–Crippen MR) is 78.2 cm³/mol.